The molecule has 1 unspecified atom stereocenters. The Balaban J connectivity index is 2.63. The number of rotatable bonds is 3. The maximum atomic E-state index is 11.5. The van der Waals surface area contributed by atoms with Gasteiger partial charge in [0.05, 0.1) is 6.42 Å². The highest BCUT2D eigenvalue weighted by Gasteiger charge is 2.33. The second-order valence-electron chi connectivity index (χ2n) is 3.50. The quantitative estimate of drug-likeness (QED) is 0.586. The molecular formula is C9H12N2O5. The third-order valence-electron chi connectivity index (χ3n) is 2.30. The van der Waals surface area contributed by atoms with Gasteiger partial charge in [0.15, 0.2) is 0 Å². The zero-order valence-corrected chi connectivity index (χ0v) is 8.73. The van der Waals surface area contributed by atoms with Crippen molar-refractivity contribution in [1.29, 1.82) is 0 Å². The Morgan fingerprint density at radius 1 is 1.44 bits per heavy atom. The molecule has 1 rings (SSSR count). The minimum absolute atomic E-state index is 0.203. The number of nitrogens with zero attached hydrogens (tertiary/aromatic N) is 1. The maximum absolute atomic E-state index is 11.5. The van der Waals surface area contributed by atoms with E-state index in [4.69, 9.17) is 5.11 Å². The first kappa shape index (κ1) is 12.2. The Hall–Kier alpha value is -1.92. The number of hydrogen-bond acceptors (Lipinski definition) is 4. The zero-order valence-electron chi connectivity index (χ0n) is 8.73. The van der Waals surface area contributed by atoms with E-state index in [9.17, 15) is 19.2 Å². The molecule has 0 saturated carbocycles. The van der Waals surface area contributed by atoms with Crippen molar-refractivity contribution in [3.63, 3.8) is 0 Å². The minimum Gasteiger partial charge on any atom is -0.481 e. The first-order valence-electron chi connectivity index (χ1n) is 4.76. The normalized spacial score (nSPS) is 20.6. The fourth-order valence-electron chi connectivity index (χ4n) is 1.38. The third kappa shape index (κ3) is 2.78. The molecule has 1 atom stereocenters. The largest absolute Gasteiger partial charge is 0.481 e. The van der Waals surface area contributed by atoms with Crippen molar-refractivity contribution < 1.29 is 24.3 Å². The number of amides is 3. The lowest BCUT2D eigenvalue weighted by atomic mass is 10.1. The van der Waals surface area contributed by atoms with Gasteiger partial charge in [-0.3, -0.25) is 24.5 Å². The molecule has 0 aliphatic carbocycles. The van der Waals surface area contributed by atoms with E-state index in [-0.39, 0.29) is 19.4 Å². The van der Waals surface area contributed by atoms with Crippen LogP contribution >= 0.6 is 0 Å². The van der Waals surface area contributed by atoms with E-state index in [1.807, 2.05) is 0 Å². The molecule has 0 aromatic carbocycles. The van der Waals surface area contributed by atoms with Crippen LogP contribution in [-0.4, -0.2) is 46.3 Å². The molecule has 1 fully saturated rings. The van der Waals surface area contributed by atoms with E-state index < -0.39 is 29.7 Å². The van der Waals surface area contributed by atoms with Crippen molar-refractivity contribution in [2.45, 2.75) is 25.8 Å². The van der Waals surface area contributed by atoms with Crippen molar-refractivity contribution in [2.24, 2.45) is 0 Å². The maximum Gasteiger partial charge on any atom is 0.303 e. The molecule has 88 valence electrons. The molecule has 3 amide bonds. The zero-order chi connectivity index (χ0) is 12.3. The van der Waals surface area contributed by atoms with Gasteiger partial charge in [-0.15, -0.1) is 0 Å². The number of aliphatic carboxylic acids is 1. The fraction of sp³-hybridized carbons (Fsp3) is 0.556. The summed E-state index contributed by atoms with van der Waals surface area (Å²) < 4.78 is 0. The first-order valence-corrected chi connectivity index (χ1v) is 4.76. The summed E-state index contributed by atoms with van der Waals surface area (Å²) in [5, 5.41) is 10.5. The average Bonchev–Trinajstić information content (AvgIpc) is 2.19. The van der Waals surface area contributed by atoms with E-state index in [0.29, 0.717) is 0 Å². The molecule has 2 N–H and O–H groups in total. The molecule has 0 spiro atoms. The van der Waals surface area contributed by atoms with Crippen LogP contribution in [0.2, 0.25) is 0 Å². The van der Waals surface area contributed by atoms with Gasteiger partial charge in [-0.2, -0.15) is 0 Å². The Bertz CT molecular complexity index is 352. The summed E-state index contributed by atoms with van der Waals surface area (Å²) in [6, 6.07) is -0.737. The molecule has 7 nitrogen and oxygen atoms in total. The highest BCUT2D eigenvalue weighted by molar-refractivity contribution is 6.04. The summed E-state index contributed by atoms with van der Waals surface area (Å²) in [6.07, 6.45) is -0.516. The fourth-order valence-corrected chi connectivity index (χ4v) is 1.38. The van der Waals surface area contributed by atoms with Gasteiger partial charge in [0.1, 0.15) is 12.6 Å². The molecule has 0 bridgehead atoms. The van der Waals surface area contributed by atoms with Crippen molar-refractivity contribution in [3.05, 3.63) is 0 Å². The topological polar surface area (TPSA) is 104 Å². The first-order chi connectivity index (χ1) is 7.41. The number of piperazine rings is 1. The van der Waals surface area contributed by atoms with Crippen LogP contribution in [0.3, 0.4) is 0 Å². The van der Waals surface area contributed by atoms with Crippen molar-refractivity contribution in [1.82, 2.24) is 10.2 Å². The predicted molar refractivity (Wildman–Crippen MR) is 51.2 cm³/mol. The summed E-state index contributed by atoms with van der Waals surface area (Å²) in [6.45, 7) is 1.28. The molecule has 0 aromatic heterocycles. The Labute approximate surface area is 91.4 Å². The Morgan fingerprint density at radius 2 is 2.06 bits per heavy atom. The number of carboxylic acids is 1. The van der Waals surface area contributed by atoms with Crippen LogP contribution in [0.4, 0.5) is 0 Å². The van der Waals surface area contributed by atoms with Gasteiger partial charge < -0.3 is 10.0 Å². The molecule has 1 heterocycles. The van der Waals surface area contributed by atoms with E-state index in [0.717, 1.165) is 4.90 Å². The van der Waals surface area contributed by atoms with Crippen LogP contribution in [0.15, 0.2) is 0 Å². The smallest absolute Gasteiger partial charge is 0.303 e. The van der Waals surface area contributed by atoms with Gasteiger partial charge in [0.25, 0.3) is 0 Å². The van der Waals surface area contributed by atoms with Gasteiger partial charge in [-0.05, 0) is 6.92 Å². The lowest BCUT2D eigenvalue weighted by molar-refractivity contribution is -0.150. The molecule has 0 aromatic rings. The lowest BCUT2D eigenvalue weighted by Crippen LogP contribution is -2.58. The number of imide groups is 1. The standard InChI is InChI=1S/C9H12N2O5/c1-5-9(16)10-6(12)4-11(5)7(13)2-3-8(14)15/h5H,2-4H2,1H3,(H,14,15)(H,10,12,16). The summed E-state index contributed by atoms with van der Waals surface area (Å²) >= 11 is 0. The van der Waals surface area contributed by atoms with Crippen LogP contribution in [0.5, 0.6) is 0 Å². The van der Waals surface area contributed by atoms with Crippen molar-refractivity contribution in [2.75, 3.05) is 6.54 Å². The highest BCUT2D eigenvalue weighted by Crippen LogP contribution is 2.08. The van der Waals surface area contributed by atoms with Crippen LogP contribution in [0, 0.1) is 0 Å². The van der Waals surface area contributed by atoms with Gasteiger partial charge >= 0.3 is 5.97 Å². The molecule has 1 aliphatic rings. The molecule has 16 heavy (non-hydrogen) atoms. The Morgan fingerprint density at radius 3 is 2.62 bits per heavy atom. The number of nitrogens with one attached hydrogen (secondary N) is 1. The van der Waals surface area contributed by atoms with E-state index in [2.05, 4.69) is 5.32 Å². The summed E-state index contributed by atoms with van der Waals surface area (Å²) in [5.74, 6) is -2.68. The van der Waals surface area contributed by atoms with Gasteiger partial charge in [0.2, 0.25) is 17.7 Å². The SMILES string of the molecule is CC1C(=O)NC(=O)CN1C(=O)CCC(=O)O. The molecule has 7 heteroatoms. The molecular weight excluding hydrogens is 216 g/mol. The van der Waals surface area contributed by atoms with Gasteiger partial charge in [0, 0.05) is 6.42 Å². The lowest BCUT2D eigenvalue weighted by Gasteiger charge is -2.31. The number of carboxylic acid groups (broad SMARTS) is 1. The van der Waals surface area contributed by atoms with E-state index in [1.54, 1.807) is 0 Å². The number of carbonyl (C=O) groups excluding carboxylic acids is 3. The second-order valence-corrected chi connectivity index (χ2v) is 3.50. The molecule has 1 aliphatic heterocycles. The van der Waals surface area contributed by atoms with Crippen LogP contribution in [-0.2, 0) is 19.2 Å². The monoisotopic (exact) mass is 228 g/mol. The van der Waals surface area contributed by atoms with Crippen LogP contribution in [0.25, 0.3) is 0 Å². The second kappa shape index (κ2) is 4.73. The molecule has 1 saturated heterocycles. The van der Waals surface area contributed by atoms with E-state index in [1.165, 1.54) is 6.92 Å². The summed E-state index contributed by atoms with van der Waals surface area (Å²) in [4.78, 5) is 45.1. The third-order valence-corrected chi connectivity index (χ3v) is 2.30. The van der Waals surface area contributed by atoms with Gasteiger partial charge in [-0.1, -0.05) is 0 Å². The predicted octanol–water partition coefficient (Wildman–Crippen LogP) is -1.28. The minimum atomic E-state index is -1.09. The average molecular weight is 228 g/mol. The number of carbonyl (C=O) groups is 4. The summed E-state index contributed by atoms with van der Waals surface area (Å²) in [7, 11) is 0. The number of hydrogen-bond donors (Lipinski definition) is 2. The van der Waals surface area contributed by atoms with Gasteiger partial charge in [-0.25, -0.2) is 0 Å². The van der Waals surface area contributed by atoms with E-state index >= 15 is 0 Å². The summed E-state index contributed by atoms with van der Waals surface area (Å²) in [5.41, 5.74) is 0. The molecule has 0 radical (unpaired) electrons. The Kier molecular flexibility index (Phi) is 3.60. The highest BCUT2D eigenvalue weighted by atomic mass is 16.4. The van der Waals surface area contributed by atoms with Crippen LogP contribution in [0.1, 0.15) is 19.8 Å². The van der Waals surface area contributed by atoms with Crippen molar-refractivity contribution >= 4 is 23.7 Å². The van der Waals surface area contributed by atoms with Crippen molar-refractivity contribution in [3.8, 4) is 0 Å². The van der Waals surface area contributed by atoms with Crippen LogP contribution < -0.4 is 5.32 Å².